The fourth-order valence-electron chi connectivity index (χ4n) is 2.37. The van der Waals surface area contributed by atoms with Gasteiger partial charge in [-0.25, -0.2) is 4.39 Å². The highest BCUT2D eigenvalue weighted by Gasteiger charge is 2.26. The Kier molecular flexibility index (Phi) is 3.88. The molecule has 0 radical (unpaired) electrons. The van der Waals surface area contributed by atoms with Crippen molar-refractivity contribution in [1.29, 1.82) is 0 Å². The first-order chi connectivity index (χ1) is 7.61. The lowest BCUT2D eigenvalue weighted by Gasteiger charge is -2.29. The van der Waals surface area contributed by atoms with Crippen LogP contribution in [-0.2, 0) is 0 Å². The first-order valence-electron chi connectivity index (χ1n) is 5.50. The maximum absolute atomic E-state index is 14.0. The second-order valence-corrected chi connectivity index (χ2v) is 5.55. The van der Waals surface area contributed by atoms with Crippen molar-refractivity contribution in [3.8, 4) is 0 Å². The van der Waals surface area contributed by atoms with E-state index in [1.54, 1.807) is 12.1 Å². The molecular formula is C12H14BrClFN. The van der Waals surface area contributed by atoms with E-state index in [-0.39, 0.29) is 22.8 Å². The Morgan fingerprint density at radius 1 is 1.31 bits per heavy atom. The van der Waals surface area contributed by atoms with E-state index in [4.69, 9.17) is 17.3 Å². The third-order valence-electron chi connectivity index (χ3n) is 3.28. The van der Waals surface area contributed by atoms with E-state index in [9.17, 15) is 4.39 Å². The molecule has 2 unspecified atom stereocenters. The Bertz CT molecular complexity index is 397. The van der Waals surface area contributed by atoms with Gasteiger partial charge >= 0.3 is 0 Å². The van der Waals surface area contributed by atoms with E-state index in [1.165, 1.54) is 0 Å². The first kappa shape index (κ1) is 12.3. The second kappa shape index (κ2) is 5.03. The van der Waals surface area contributed by atoms with Gasteiger partial charge in [-0.3, -0.25) is 0 Å². The lowest BCUT2D eigenvalue weighted by Crippen LogP contribution is -2.31. The smallest absolute Gasteiger partial charge is 0.146 e. The summed E-state index contributed by atoms with van der Waals surface area (Å²) in [5, 5.41) is 0.162. The van der Waals surface area contributed by atoms with Crippen LogP contribution < -0.4 is 5.73 Å². The molecule has 88 valence electrons. The zero-order valence-corrected chi connectivity index (χ0v) is 11.2. The van der Waals surface area contributed by atoms with Crippen molar-refractivity contribution < 1.29 is 4.39 Å². The van der Waals surface area contributed by atoms with Crippen LogP contribution in [-0.4, -0.2) is 6.04 Å². The Labute approximate surface area is 108 Å². The van der Waals surface area contributed by atoms with E-state index in [0.717, 1.165) is 25.7 Å². The number of rotatable bonds is 1. The molecule has 1 saturated carbocycles. The number of benzene rings is 1. The van der Waals surface area contributed by atoms with Gasteiger partial charge in [0.2, 0.25) is 0 Å². The number of hydrogen-bond donors (Lipinski definition) is 1. The van der Waals surface area contributed by atoms with E-state index < -0.39 is 0 Å². The standard InChI is InChI=1S/C12H14BrClFN/c13-9-6-5-8(12(15)11(9)14)7-3-1-2-4-10(7)16/h5-7,10H,1-4,16H2. The Morgan fingerprint density at radius 2 is 2.00 bits per heavy atom. The highest BCUT2D eigenvalue weighted by atomic mass is 79.9. The van der Waals surface area contributed by atoms with Gasteiger partial charge in [-0.2, -0.15) is 0 Å². The van der Waals surface area contributed by atoms with Gasteiger partial charge in [-0.1, -0.05) is 30.5 Å². The van der Waals surface area contributed by atoms with Gasteiger partial charge in [0.15, 0.2) is 0 Å². The topological polar surface area (TPSA) is 26.0 Å². The van der Waals surface area contributed by atoms with Crippen molar-refractivity contribution in [1.82, 2.24) is 0 Å². The van der Waals surface area contributed by atoms with Gasteiger partial charge in [0.1, 0.15) is 5.82 Å². The van der Waals surface area contributed by atoms with Crippen molar-refractivity contribution in [2.45, 2.75) is 37.6 Å². The highest BCUT2D eigenvalue weighted by molar-refractivity contribution is 9.10. The second-order valence-electron chi connectivity index (χ2n) is 4.32. The van der Waals surface area contributed by atoms with Gasteiger partial charge in [-0.05, 0) is 40.4 Å². The molecule has 4 heteroatoms. The van der Waals surface area contributed by atoms with Crippen LogP contribution in [0, 0.1) is 5.82 Å². The van der Waals surface area contributed by atoms with Crippen molar-refractivity contribution >= 4 is 27.5 Å². The lowest BCUT2D eigenvalue weighted by molar-refractivity contribution is 0.376. The summed E-state index contributed by atoms with van der Waals surface area (Å²) in [4.78, 5) is 0. The van der Waals surface area contributed by atoms with Crippen molar-refractivity contribution in [3.63, 3.8) is 0 Å². The van der Waals surface area contributed by atoms with Gasteiger partial charge in [-0.15, -0.1) is 0 Å². The monoisotopic (exact) mass is 305 g/mol. The maximum Gasteiger partial charge on any atom is 0.146 e. The summed E-state index contributed by atoms with van der Waals surface area (Å²) >= 11 is 9.10. The van der Waals surface area contributed by atoms with Gasteiger partial charge in [0.25, 0.3) is 0 Å². The summed E-state index contributed by atoms with van der Waals surface area (Å²) < 4.78 is 14.6. The molecule has 1 aromatic carbocycles. The summed E-state index contributed by atoms with van der Waals surface area (Å²) in [7, 11) is 0. The van der Waals surface area contributed by atoms with Crippen molar-refractivity contribution in [2.75, 3.05) is 0 Å². The summed E-state index contributed by atoms with van der Waals surface area (Å²) in [6, 6.07) is 3.64. The summed E-state index contributed by atoms with van der Waals surface area (Å²) in [6.07, 6.45) is 4.18. The van der Waals surface area contributed by atoms with Gasteiger partial charge in [0, 0.05) is 16.4 Å². The third-order valence-corrected chi connectivity index (χ3v) is 4.54. The Balaban J connectivity index is 2.36. The fourth-order valence-corrected chi connectivity index (χ4v) is 2.85. The molecule has 2 atom stereocenters. The molecule has 0 bridgehead atoms. The molecule has 1 aliphatic carbocycles. The van der Waals surface area contributed by atoms with Crippen LogP contribution in [0.5, 0.6) is 0 Å². The van der Waals surface area contributed by atoms with Crippen LogP contribution in [0.4, 0.5) is 4.39 Å². The average molecular weight is 307 g/mol. The predicted octanol–water partition coefficient (Wildman–Crippen LogP) is 4.23. The minimum absolute atomic E-state index is 0.0560. The third kappa shape index (κ3) is 2.27. The van der Waals surface area contributed by atoms with Crippen molar-refractivity contribution in [2.24, 2.45) is 5.73 Å². The number of halogens is 3. The van der Waals surface area contributed by atoms with Crippen LogP contribution in [0.25, 0.3) is 0 Å². The molecule has 0 aliphatic heterocycles. The normalized spacial score (nSPS) is 25.8. The van der Waals surface area contributed by atoms with Crippen LogP contribution in [0.3, 0.4) is 0 Å². The molecule has 0 heterocycles. The molecule has 1 aliphatic rings. The number of nitrogens with two attached hydrogens (primary N) is 1. The molecule has 1 fully saturated rings. The lowest BCUT2D eigenvalue weighted by atomic mass is 9.80. The van der Waals surface area contributed by atoms with Crippen LogP contribution in [0.2, 0.25) is 5.02 Å². The zero-order valence-electron chi connectivity index (χ0n) is 8.85. The fraction of sp³-hybridized carbons (Fsp3) is 0.500. The van der Waals surface area contributed by atoms with Crippen molar-refractivity contribution in [3.05, 3.63) is 33.0 Å². The van der Waals surface area contributed by atoms with E-state index >= 15 is 0 Å². The summed E-state index contributed by atoms with van der Waals surface area (Å²) in [5.41, 5.74) is 6.71. The molecular weight excluding hydrogens is 292 g/mol. The van der Waals surface area contributed by atoms with E-state index in [0.29, 0.717) is 10.0 Å². The SMILES string of the molecule is NC1CCCCC1c1ccc(Br)c(Cl)c1F. The first-order valence-corrected chi connectivity index (χ1v) is 6.67. The zero-order chi connectivity index (χ0) is 11.7. The maximum atomic E-state index is 14.0. The quantitative estimate of drug-likeness (QED) is 0.772. The molecule has 0 spiro atoms. The largest absolute Gasteiger partial charge is 0.327 e. The van der Waals surface area contributed by atoms with Gasteiger partial charge < -0.3 is 5.73 Å². The molecule has 2 N–H and O–H groups in total. The van der Waals surface area contributed by atoms with Crippen LogP contribution >= 0.6 is 27.5 Å². The molecule has 0 saturated heterocycles. The minimum Gasteiger partial charge on any atom is -0.327 e. The summed E-state index contributed by atoms with van der Waals surface area (Å²) in [5.74, 6) is -0.210. The number of hydrogen-bond acceptors (Lipinski definition) is 1. The van der Waals surface area contributed by atoms with E-state index in [2.05, 4.69) is 15.9 Å². The molecule has 0 amide bonds. The molecule has 16 heavy (non-hydrogen) atoms. The Hall–Kier alpha value is -0.120. The summed E-state index contributed by atoms with van der Waals surface area (Å²) in [6.45, 7) is 0. The Morgan fingerprint density at radius 3 is 2.69 bits per heavy atom. The average Bonchev–Trinajstić information content (AvgIpc) is 2.28. The predicted molar refractivity (Wildman–Crippen MR) is 68.3 cm³/mol. The molecule has 2 rings (SSSR count). The van der Waals surface area contributed by atoms with E-state index in [1.807, 2.05) is 0 Å². The highest BCUT2D eigenvalue weighted by Crippen LogP contribution is 2.37. The van der Waals surface area contributed by atoms with Crippen LogP contribution in [0.15, 0.2) is 16.6 Å². The minimum atomic E-state index is -0.321. The van der Waals surface area contributed by atoms with Crippen LogP contribution in [0.1, 0.15) is 37.2 Å². The molecule has 0 aromatic heterocycles. The molecule has 1 aromatic rings. The molecule has 1 nitrogen and oxygen atoms in total. The van der Waals surface area contributed by atoms with Gasteiger partial charge in [0.05, 0.1) is 5.02 Å².